The molecule has 0 fully saturated rings. The number of ether oxygens (including phenoxy) is 2. The Balaban J connectivity index is 2.20. The summed E-state index contributed by atoms with van der Waals surface area (Å²) in [4.78, 5) is 0. The van der Waals surface area contributed by atoms with Crippen LogP contribution in [0.2, 0.25) is 5.02 Å². The minimum atomic E-state index is 0.464. The monoisotopic (exact) mass is 354 g/mol. The van der Waals surface area contributed by atoms with Crippen LogP contribution in [0, 0.1) is 6.92 Å². The average Bonchev–Trinajstić information content (AvgIpc) is 2.45. The minimum absolute atomic E-state index is 0.464. The third-order valence-electron chi connectivity index (χ3n) is 2.91. The predicted molar refractivity (Wildman–Crippen MR) is 86.1 cm³/mol. The van der Waals surface area contributed by atoms with Gasteiger partial charge in [0, 0.05) is 5.33 Å². The van der Waals surface area contributed by atoms with Gasteiger partial charge in [0.05, 0.1) is 12.1 Å². The number of hydrogen-bond acceptors (Lipinski definition) is 2. The summed E-state index contributed by atoms with van der Waals surface area (Å²) >= 11 is 9.67. The molecular formula is C16H16BrClO2. The van der Waals surface area contributed by atoms with E-state index in [1.165, 1.54) is 5.56 Å². The van der Waals surface area contributed by atoms with Crippen molar-refractivity contribution in [2.75, 3.05) is 7.11 Å². The third-order valence-corrected chi connectivity index (χ3v) is 3.84. The zero-order chi connectivity index (χ0) is 14.5. The van der Waals surface area contributed by atoms with E-state index < -0.39 is 0 Å². The van der Waals surface area contributed by atoms with Gasteiger partial charge in [0.15, 0.2) is 11.5 Å². The highest BCUT2D eigenvalue weighted by Crippen LogP contribution is 2.37. The Morgan fingerprint density at radius 3 is 2.60 bits per heavy atom. The van der Waals surface area contributed by atoms with E-state index in [2.05, 4.69) is 35.0 Å². The molecule has 0 heterocycles. The Kier molecular flexibility index (Phi) is 5.32. The molecule has 0 aliphatic rings. The molecule has 106 valence electrons. The number of aryl methyl sites for hydroxylation is 1. The first-order chi connectivity index (χ1) is 9.63. The zero-order valence-electron chi connectivity index (χ0n) is 11.5. The Labute approximate surface area is 132 Å². The molecule has 0 N–H and O–H groups in total. The molecule has 0 radical (unpaired) electrons. The lowest BCUT2D eigenvalue weighted by atomic mass is 10.1. The highest BCUT2D eigenvalue weighted by atomic mass is 79.9. The van der Waals surface area contributed by atoms with Crippen LogP contribution in [0.15, 0.2) is 36.4 Å². The second-order valence-corrected chi connectivity index (χ2v) is 5.49. The molecule has 0 spiro atoms. The summed E-state index contributed by atoms with van der Waals surface area (Å²) in [6, 6.07) is 12.0. The van der Waals surface area contributed by atoms with E-state index in [-0.39, 0.29) is 0 Å². The fourth-order valence-electron chi connectivity index (χ4n) is 1.95. The van der Waals surface area contributed by atoms with Gasteiger partial charge in [-0.2, -0.15) is 0 Å². The lowest BCUT2D eigenvalue weighted by Gasteiger charge is -2.14. The maximum absolute atomic E-state index is 6.26. The molecule has 2 nitrogen and oxygen atoms in total. The van der Waals surface area contributed by atoms with E-state index in [1.807, 2.05) is 24.3 Å². The van der Waals surface area contributed by atoms with E-state index in [9.17, 15) is 0 Å². The first-order valence-corrected chi connectivity index (χ1v) is 7.74. The molecule has 0 aliphatic heterocycles. The summed E-state index contributed by atoms with van der Waals surface area (Å²) in [6.45, 7) is 2.52. The van der Waals surface area contributed by atoms with Crippen molar-refractivity contribution in [3.8, 4) is 11.5 Å². The van der Waals surface area contributed by atoms with Gasteiger partial charge in [-0.05, 0) is 30.2 Å². The maximum Gasteiger partial charge on any atom is 0.180 e. The van der Waals surface area contributed by atoms with Gasteiger partial charge in [0.2, 0.25) is 0 Å². The van der Waals surface area contributed by atoms with E-state index in [0.717, 1.165) is 16.5 Å². The van der Waals surface area contributed by atoms with Crippen LogP contribution in [0.25, 0.3) is 0 Å². The van der Waals surface area contributed by atoms with Gasteiger partial charge in [-0.25, -0.2) is 0 Å². The van der Waals surface area contributed by atoms with Crippen molar-refractivity contribution in [3.05, 3.63) is 58.1 Å². The van der Waals surface area contributed by atoms with Crippen LogP contribution in [0.4, 0.5) is 0 Å². The summed E-state index contributed by atoms with van der Waals surface area (Å²) in [7, 11) is 1.61. The average molecular weight is 356 g/mol. The summed E-state index contributed by atoms with van der Waals surface area (Å²) in [5.74, 6) is 1.24. The molecule has 0 atom stereocenters. The summed E-state index contributed by atoms with van der Waals surface area (Å²) in [6.07, 6.45) is 0. The Morgan fingerprint density at radius 2 is 1.95 bits per heavy atom. The Bertz CT molecular complexity index is 599. The smallest absolute Gasteiger partial charge is 0.180 e. The van der Waals surface area contributed by atoms with Crippen LogP contribution in [-0.4, -0.2) is 7.11 Å². The maximum atomic E-state index is 6.26. The lowest BCUT2D eigenvalue weighted by Crippen LogP contribution is -1.99. The number of benzene rings is 2. The molecule has 0 saturated heterocycles. The first kappa shape index (κ1) is 15.2. The Morgan fingerprint density at radius 1 is 1.15 bits per heavy atom. The van der Waals surface area contributed by atoms with Crippen LogP contribution in [0.3, 0.4) is 0 Å². The number of halogens is 2. The van der Waals surface area contributed by atoms with Crippen molar-refractivity contribution >= 4 is 27.5 Å². The number of rotatable bonds is 5. The van der Waals surface area contributed by atoms with Crippen LogP contribution in [0.1, 0.15) is 16.7 Å². The highest BCUT2D eigenvalue weighted by molar-refractivity contribution is 9.08. The van der Waals surface area contributed by atoms with Gasteiger partial charge in [-0.3, -0.25) is 0 Å². The van der Waals surface area contributed by atoms with Crippen LogP contribution in [0.5, 0.6) is 11.5 Å². The lowest BCUT2D eigenvalue weighted by molar-refractivity contribution is 0.284. The SMILES string of the molecule is COc1cc(CBr)cc(Cl)c1OCc1cccc(C)c1. The van der Waals surface area contributed by atoms with Gasteiger partial charge < -0.3 is 9.47 Å². The normalized spacial score (nSPS) is 10.4. The van der Waals surface area contributed by atoms with Gasteiger partial charge in [-0.1, -0.05) is 57.4 Å². The molecule has 2 aromatic rings. The van der Waals surface area contributed by atoms with Crippen molar-refractivity contribution < 1.29 is 9.47 Å². The molecule has 0 aromatic heterocycles. The molecule has 2 aromatic carbocycles. The molecular weight excluding hydrogens is 340 g/mol. The third kappa shape index (κ3) is 3.68. The van der Waals surface area contributed by atoms with Gasteiger partial charge in [-0.15, -0.1) is 0 Å². The second-order valence-electron chi connectivity index (χ2n) is 4.52. The van der Waals surface area contributed by atoms with Crippen LogP contribution in [-0.2, 0) is 11.9 Å². The minimum Gasteiger partial charge on any atom is -0.493 e. The first-order valence-electron chi connectivity index (χ1n) is 6.24. The van der Waals surface area contributed by atoms with Gasteiger partial charge in [0.25, 0.3) is 0 Å². The molecule has 0 amide bonds. The van der Waals surface area contributed by atoms with Gasteiger partial charge in [0.1, 0.15) is 6.61 Å². The molecule has 0 aliphatic carbocycles. The standard InChI is InChI=1S/C16H16BrClO2/c1-11-4-3-5-12(6-11)10-20-16-14(18)7-13(9-17)8-15(16)19-2/h3-8H,9-10H2,1-2H3. The highest BCUT2D eigenvalue weighted by Gasteiger charge is 2.12. The van der Waals surface area contributed by atoms with Crippen molar-refractivity contribution in [2.24, 2.45) is 0 Å². The van der Waals surface area contributed by atoms with Crippen molar-refractivity contribution in [1.82, 2.24) is 0 Å². The van der Waals surface area contributed by atoms with E-state index >= 15 is 0 Å². The quantitative estimate of drug-likeness (QED) is 0.692. The predicted octanol–water partition coefficient (Wildman–Crippen LogP) is 5.13. The number of hydrogen-bond donors (Lipinski definition) is 0. The van der Waals surface area contributed by atoms with E-state index in [0.29, 0.717) is 23.1 Å². The van der Waals surface area contributed by atoms with Gasteiger partial charge >= 0.3 is 0 Å². The molecule has 0 saturated carbocycles. The summed E-state index contributed by atoms with van der Waals surface area (Å²) in [5.41, 5.74) is 3.36. The van der Waals surface area contributed by atoms with Crippen molar-refractivity contribution in [1.29, 1.82) is 0 Å². The fraction of sp³-hybridized carbons (Fsp3) is 0.250. The van der Waals surface area contributed by atoms with Crippen LogP contribution >= 0.6 is 27.5 Å². The van der Waals surface area contributed by atoms with Crippen molar-refractivity contribution in [3.63, 3.8) is 0 Å². The Hall–Kier alpha value is -1.19. The molecule has 20 heavy (non-hydrogen) atoms. The number of alkyl halides is 1. The summed E-state index contributed by atoms with van der Waals surface area (Å²) in [5, 5.41) is 1.28. The zero-order valence-corrected chi connectivity index (χ0v) is 13.8. The summed E-state index contributed by atoms with van der Waals surface area (Å²) < 4.78 is 11.2. The van der Waals surface area contributed by atoms with Crippen LogP contribution < -0.4 is 9.47 Å². The molecule has 0 bridgehead atoms. The topological polar surface area (TPSA) is 18.5 Å². The second kappa shape index (κ2) is 7.00. The molecule has 2 rings (SSSR count). The number of methoxy groups -OCH3 is 1. The fourth-order valence-corrected chi connectivity index (χ4v) is 2.56. The van der Waals surface area contributed by atoms with E-state index in [4.69, 9.17) is 21.1 Å². The van der Waals surface area contributed by atoms with Crippen molar-refractivity contribution in [2.45, 2.75) is 18.9 Å². The van der Waals surface area contributed by atoms with E-state index in [1.54, 1.807) is 7.11 Å². The molecule has 0 unspecified atom stereocenters. The largest absolute Gasteiger partial charge is 0.493 e. The molecule has 4 heteroatoms.